The molecule has 1 atom stereocenters. The highest BCUT2D eigenvalue weighted by Gasteiger charge is 2.33. The van der Waals surface area contributed by atoms with Crippen LogP contribution in [0.25, 0.3) is 0 Å². The van der Waals surface area contributed by atoms with E-state index in [1.54, 1.807) is 25.2 Å². The molecule has 1 unspecified atom stereocenters. The number of aliphatic carboxylic acids is 1. The van der Waals surface area contributed by atoms with Crippen molar-refractivity contribution in [1.82, 2.24) is 4.90 Å². The van der Waals surface area contributed by atoms with Gasteiger partial charge >= 0.3 is 5.97 Å². The molecule has 1 aliphatic rings. The number of hydrogen-bond donors (Lipinski definition) is 2. The molecule has 0 aliphatic carbocycles. The molecular weight excluding hydrogens is 272 g/mol. The zero-order chi connectivity index (χ0) is 15.4. The second-order valence-electron chi connectivity index (χ2n) is 5.14. The summed E-state index contributed by atoms with van der Waals surface area (Å²) in [6, 6.07) is 6.68. The predicted octanol–water partition coefficient (Wildman–Crippen LogP) is 1.26. The number of carbonyl (C=O) groups excluding carboxylic acids is 2. The number of nitrogens with one attached hydrogen (secondary N) is 1. The molecule has 2 amide bonds. The normalized spacial score (nSPS) is 17.9. The number of likely N-dealkylation sites (tertiary alicyclic amines) is 1. The Balaban J connectivity index is 1.99. The van der Waals surface area contributed by atoms with E-state index in [0.717, 1.165) is 5.56 Å². The third kappa shape index (κ3) is 3.81. The predicted molar refractivity (Wildman–Crippen MR) is 76.8 cm³/mol. The van der Waals surface area contributed by atoms with Gasteiger partial charge in [-0.3, -0.25) is 14.4 Å². The Morgan fingerprint density at radius 3 is 2.81 bits per heavy atom. The van der Waals surface area contributed by atoms with E-state index >= 15 is 0 Å². The largest absolute Gasteiger partial charge is 0.481 e. The smallest absolute Gasteiger partial charge is 0.303 e. The fraction of sp³-hybridized carbons (Fsp3) is 0.400. The van der Waals surface area contributed by atoms with E-state index in [0.29, 0.717) is 24.9 Å². The van der Waals surface area contributed by atoms with Crippen molar-refractivity contribution in [2.75, 3.05) is 12.4 Å². The number of nitrogens with zero attached hydrogens (tertiary/aromatic N) is 1. The van der Waals surface area contributed by atoms with E-state index in [-0.39, 0.29) is 18.2 Å². The molecule has 6 heteroatoms. The second kappa shape index (κ2) is 6.39. The molecular formula is C15H18N2O4. The summed E-state index contributed by atoms with van der Waals surface area (Å²) < 4.78 is 0. The lowest BCUT2D eigenvalue weighted by Crippen LogP contribution is -2.38. The van der Waals surface area contributed by atoms with E-state index in [4.69, 9.17) is 5.11 Å². The second-order valence-corrected chi connectivity index (χ2v) is 5.14. The number of carbonyl (C=O) groups is 3. The molecule has 21 heavy (non-hydrogen) atoms. The fourth-order valence-electron chi connectivity index (χ4n) is 2.39. The molecule has 112 valence electrons. The summed E-state index contributed by atoms with van der Waals surface area (Å²) in [6.45, 7) is 0. The SMILES string of the molecule is CN1C(=O)CCC1C(=O)Nc1cccc(CCC(=O)O)c1. The molecule has 1 fully saturated rings. The lowest BCUT2D eigenvalue weighted by Gasteiger charge is -2.19. The van der Waals surface area contributed by atoms with Gasteiger partial charge in [0.15, 0.2) is 0 Å². The van der Waals surface area contributed by atoms with Gasteiger partial charge in [0.25, 0.3) is 0 Å². The van der Waals surface area contributed by atoms with Crippen molar-refractivity contribution < 1.29 is 19.5 Å². The van der Waals surface area contributed by atoms with Gasteiger partial charge in [0.2, 0.25) is 11.8 Å². The van der Waals surface area contributed by atoms with E-state index < -0.39 is 12.0 Å². The average Bonchev–Trinajstić information content (AvgIpc) is 2.77. The molecule has 1 aliphatic heterocycles. The molecule has 1 aromatic carbocycles. The highest BCUT2D eigenvalue weighted by Crippen LogP contribution is 2.19. The van der Waals surface area contributed by atoms with Crippen LogP contribution in [0.4, 0.5) is 5.69 Å². The van der Waals surface area contributed by atoms with Crippen molar-refractivity contribution in [3.8, 4) is 0 Å². The van der Waals surface area contributed by atoms with Crippen LogP contribution < -0.4 is 5.32 Å². The maximum Gasteiger partial charge on any atom is 0.303 e. The van der Waals surface area contributed by atoms with Gasteiger partial charge in [-0.25, -0.2) is 0 Å². The van der Waals surface area contributed by atoms with Gasteiger partial charge in [0.1, 0.15) is 6.04 Å². The first-order valence-corrected chi connectivity index (χ1v) is 6.84. The van der Waals surface area contributed by atoms with Gasteiger partial charge in [-0.15, -0.1) is 0 Å². The van der Waals surface area contributed by atoms with E-state index in [2.05, 4.69) is 5.32 Å². The Morgan fingerprint density at radius 1 is 1.43 bits per heavy atom. The molecule has 1 saturated heterocycles. The quantitative estimate of drug-likeness (QED) is 0.854. The Kier molecular flexibility index (Phi) is 4.57. The van der Waals surface area contributed by atoms with Gasteiger partial charge in [-0.1, -0.05) is 12.1 Å². The molecule has 2 N–H and O–H groups in total. The van der Waals surface area contributed by atoms with Gasteiger partial charge in [0, 0.05) is 25.6 Å². The maximum absolute atomic E-state index is 12.1. The number of carboxylic acid groups (broad SMARTS) is 1. The van der Waals surface area contributed by atoms with Crippen LogP contribution in [0, 0.1) is 0 Å². The van der Waals surface area contributed by atoms with Crippen molar-refractivity contribution in [2.24, 2.45) is 0 Å². The van der Waals surface area contributed by atoms with Crippen molar-refractivity contribution in [3.63, 3.8) is 0 Å². The van der Waals surface area contributed by atoms with E-state index in [1.807, 2.05) is 6.07 Å². The van der Waals surface area contributed by atoms with Crippen LogP contribution in [-0.2, 0) is 20.8 Å². The summed E-state index contributed by atoms with van der Waals surface area (Å²) in [5.74, 6) is -1.08. The standard InChI is InChI=1S/C15H18N2O4/c1-17-12(6-7-13(17)18)15(21)16-11-4-2-3-10(9-11)5-8-14(19)20/h2-4,9,12H,5-8H2,1H3,(H,16,21)(H,19,20). The lowest BCUT2D eigenvalue weighted by atomic mass is 10.1. The van der Waals surface area contributed by atoms with Gasteiger partial charge < -0.3 is 15.3 Å². The zero-order valence-electron chi connectivity index (χ0n) is 11.8. The molecule has 6 nitrogen and oxygen atoms in total. The van der Waals surface area contributed by atoms with Crippen LogP contribution in [0.1, 0.15) is 24.8 Å². The Labute approximate surface area is 122 Å². The maximum atomic E-state index is 12.1. The van der Waals surface area contributed by atoms with Crippen LogP contribution in [-0.4, -0.2) is 40.9 Å². The first-order chi connectivity index (χ1) is 9.97. The number of aryl methyl sites for hydroxylation is 1. The number of likely N-dealkylation sites (N-methyl/N-ethyl adjacent to an activating group) is 1. The van der Waals surface area contributed by atoms with Gasteiger partial charge in [0.05, 0.1) is 0 Å². The Hall–Kier alpha value is -2.37. The van der Waals surface area contributed by atoms with E-state index in [9.17, 15) is 14.4 Å². The third-order valence-electron chi connectivity index (χ3n) is 3.62. The summed E-state index contributed by atoms with van der Waals surface area (Å²) in [4.78, 5) is 35.6. The molecule has 2 rings (SSSR count). The molecule has 0 aromatic heterocycles. The van der Waals surface area contributed by atoms with Crippen LogP contribution in [0.15, 0.2) is 24.3 Å². The van der Waals surface area contributed by atoms with E-state index in [1.165, 1.54) is 4.90 Å². The highest BCUT2D eigenvalue weighted by molar-refractivity contribution is 5.98. The zero-order valence-corrected chi connectivity index (χ0v) is 11.8. The molecule has 0 bridgehead atoms. The number of benzene rings is 1. The minimum absolute atomic E-state index is 0.0228. The minimum atomic E-state index is -0.851. The topological polar surface area (TPSA) is 86.7 Å². The molecule has 0 saturated carbocycles. The lowest BCUT2D eigenvalue weighted by molar-refractivity contribution is -0.137. The summed E-state index contributed by atoms with van der Waals surface area (Å²) in [5.41, 5.74) is 1.47. The first-order valence-electron chi connectivity index (χ1n) is 6.84. The molecule has 0 radical (unpaired) electrons. The van der Waals surface area contributed by atoms with Crippen molar-refractivity contribution >= 4 is 23.5 Å². The minimum Gasteiger partial charge on any atom is -0.481 e. The van der Waals surface area contributed by atoms with Crippen LogP contribution in [0.5, 0.6) is 0 Å². The fourth-order valence-corrected chi connectivity index (χ4v) is 2.39. The van der Waals surface area contributed by atoms with Crippen molar-refractivity contribution in [2.45, 2.75) is 31.7 Å². The number of rotatable bonds is 5. The molecule has 0 spiro atoms. The number of anilines is 1. The number of amides is 2. The summed E-state index contributed by atoms with van der Waals surface area (Å²) in [5, 5.41) is 11.5. The van der Waals surface area contributed by atoms with Crippen LogP contribution >= 0.6 is 0 Å². The molecule has 1 aromatic rings. The van der Waals surface area contributed by atoms with Crippen molar-refractivity contribution in [1.29, 1.82) is 0 Å². The van der Waals surface area contributed by atoms with Crippen LogP contribution in [0.3, 0.4) is 0 Å². The first kappa shape index (κ1) is 15.0. The Bertz CT molecular complexity index is 571. The number of carboxylic acids is 1. The summed E-state index contributed by atoms with van der Waals surface area (Å²) >= 11 is 0. The van der Waals surface area contributed by atoms with Crippen molar-refractivity contribution in [3.05, 3.63) is 29.8 Å². The van der Waals surface area contributed by atoms with Gasteiger partial charge in [-0.05, 0) is 30.5 Å². The highest BCUT2D eigenvalue weighted by atomic mass is 16.4. The average molecular weight is 290 g/mol. The Morgan fingerprint density at radius 2 is 2.19 bits per heavy atom. The third-order valence-corrected chi connectivity index (χ3v) is 3.62. The number of hydrogen-bond acceptors (Lipinski definition) is 3. The molecule has 1 heterocycles. The summed E-state index contributed by atoms with van der Waals surface area (Å²) in [7, 11) is 1.63. The van der Waals surface area contributed by atoms with Gasteiger partial charge in [-0.2, -0.15) is 0 Å². The van der Waals surface area contributed by atoms with Crippen LogP contribution in [0.2, 0.25) is 0 Å². The summed E-state index contributed by atoms with van der Waals surface area (Å²) in [6.07, 6.45) is 1.39. The monoisotopic (exact) mass is 290 g/mol.